The van der Waals surface area contributed by atoms with Gasteiger partial charge in [0.2, 0.25) is 0 Å². The van der Waals surface area contributed by atoms with Crippen molar-refractivity contribution in [3.63, 3.8) is 0 Å². The summed E-state index contributed by atoms with van der Waals surface area (Å²) in [6.07, 6.45) is 2.73. The zero-order valence-corrected chi connectivity index (χ0v) is 12.5. The predicted octanol–water partition coefficient (Wildman–Crippen LogP) is 3.57. The molecule has 0 unspecified atom stereocenters. The van der Waals surface area contributed by atoms with Crippen molar-refractivity contribution in [2.45, 2.75) is 75.7 Å². The maximum Gasteiger partial charge on any atom is 0.391 e. The van der Waals surface area contributed by atoms with Crippen molar-refractivity contribution in [1.29, 1.82) is 0 Å². The minimum absolute atomic E-state index is 0.310. The van der Waals surface area contributed by atoms with E-state index in [2.05, 4.69) is 17.3 Å². The van der Waals surface area contributed by atoms with Gasteiger partial charge in [0.05, 0.1) is 5.92 Å². The van der Waals surface area contributed by atoms with Gasteiger partial charge in [0, 0.05) is 18.1 Å². The molecule has 20 heavy (non-hydrogen) atoms. The third-order valence-corrected chi connectivity index (χ3v) is 5.42. The number of nitrogens with zero attached hydrogens (tertiary/aromatic N) is 1. The third kappa shape index (κ3) is 3.88. The molecule has 0 saturated heterocycles. The van der Waals surface area contributed by atoms with Crippen molar-refractivity contribution >= 4 is 0 Å². The molecule has 2 fully saturated rings. The summed E-state index contributed by atoms with van der Waals surface area (Å²) in [6.45, 7) is 0. The van der Waals surface area contributed by atoms with Gasteiger partial charge in [0.15, 0.2) is 0 Å². The van der Waals surface area contributed by atoms with Crippen LogP contribution in [0.5, 0.6) is 0 Å². The lowest BCUT2D eigenvalue weighted by Crippen LogP contribution is -2.46. The van der Waals surface area contributed by atoms with Gasteiger partial charge < -0.3 is 10.2 Å². The van der Waals surface area contributed by atoms with E-state index in [9.17, 15) is 13.2 Å². The van der Waals surface area contributed by atoms with Crippen molar-refractivity contribution in [3.8, 4) is 0 Å². The zero-order valence-electron chi connectivity index (χ0n) is 12.5. The number of halogens is 3. The summed E-state index contributed by atoms with van der Waals surface area (Å²) in [4.78, 5) is 2.37. The number of alkyl halides is 3. The largest absolute Gasteiger partial charge is 0.391 e. The monoisotopic (exact) mass is 292 g/mol. The van der Waals surface area contributed by atoms with E-state index in [0.717, 1.165) is 0 Å². The van der Waals surface area contributed by atoms with Crippen LogP contribution in [0.25, 0.3) is 0 Å². The summed E-state index contributed by atoms with van der Waals surface area (Å²) in [5, 5.41) is 3.32. The molecule has 0 heterocycles. The first-order valence-corrected chi connectivity index (χ1v) is 7.87. The second-order valence-corrected chi connectivity index (χ2v) is 6.51. The minimum Gasteiger partial charge on any atom is -0.317 e. The van der Waals surface area contributed by atoms with Gasteiger partial charge in [-0.3, -0.25) is 0 Å². The molecule has 0 radical (unpaired) electrons. The average Bonchev–Trinajstić information content (AvgIpc) is 2.46. The molecule has 0 aromatic rings. The summed E-state index contributed by atoms with van der Waals surface area (Å²) in [5.74, 6) is -1.06. The Balaban J connectivity index is 1.79. The van der Waals surface area contributed by atoms with Crippen LogP contribution >= 0.6 is 0 Å². The topological polar surface area (TPSA) is 15.3 Å². The molecule has 118 valence electrons. The molecule has 0 amide bonds. The SMILES string of the molecule is CNC1CCC(N(C)C2CCC(C(F)(F)F)CC2)CC1. The fourth-order valence-corrected chi connectivity index (χ4v) is 3.88. The minimum atomic E-state index is -3.99. The smallest absolute Gasteiger partial charge is 0.317 e. The second kappa shape index (κ2) is 6.65. The summed E-state index contributed by atoms with van der Waals surface area (Å²) < 4.78 is 38.1. The third-order valence-electron chi connectivity index (χ3n) is 5.42. The Morgan fingerprint density at radius 3 is 1.70 bits per heavy atom. The molecule has 0 bridgehead atoms. The Morgan fingerprint density at radius 1 is 0.850 bits per heavy atom. The Labute approximate surface area is 120 Å². The molecule has 5 heteroatoms. The molecule has 2 aliphatic carbocycles. The molecule has 0 atom stereocenters. The van der Waals surface area contributed by atoms with Crippen LogP contribution in [0.2, 0.25) is 0 Å². The molecule has 0 aliphatic heterocycles. The highest BCUT2D eigenvalue weighted by Crippen LogP contribution is 2.39. The van der Waals surface area contributed by atoms with E-state index < -0.39 is 12.1 Å². The van der Waals surface area contributed by atoms with Crippen LogP contribution in [-0.2, 0) is 0 Å². The van der Waals surface area contributed by atoms with Crippen LogP contribution in [-0.4, -0.2) is 43.3 Å². The van der Waals surface area contributed by atoms with Crippen molar-refractivity contribution < 1.29 is 13.2 Å². The van der Waals surface area contributed by atoms with E-state index in [1.54, 1.807) is 0 Å². The lowest BCUT2D eigenvalue weighted by Gasteiger charge is -2.42. The Kier molecular flexibility index (Phi) is 5.35. The highest BCUT2D eigenvalue weighted by Gasteiger charge is 2.42. The molecule has 0 spiro atoms. The molecule has 1 N–H and O–H groups in total. The van der Waals surface area contributed by atoms with E-state index in [1.807, 2.05) is 7.05 Å². The Hall–Kier alpha value is -0.290. The van der Waals surface area contributed by atoms with E-state index in [-0.39, 0.29) is 0 Å². The second-order valence-electron chi connectivity index (χ2n) is 6.51. The van der Waals surface area contributed by atoms with Gasteiger partial charge in [0.1, 0.15) is 0 Å². The average molecular weight is 292 g/mol. The van der Waals surface area contributed by atoms with Gasteiger partial charge in [-0.1, -0.05) is 0 Å². The predicted molar refractivity (Wildman–Crippen MR) is 74.7 cm³/mol. The molecule has 2 aliphatic rings. The first kappa shape index (κ1) is 16.1. The van der Waals surface area contributed by atoms with Crippen molar-refractivity contribution in [2.75, 3.05) is 14.1 Å². The van der Waals surface area contributed by atoms with Crippen LogP contribution in [0.3, 0.4) is 0 Å². The van der Waals surface area contributed by atoms with Crippen LogP contribution in [0.1, 0.15) is 51.4 Å². The van der Waals surface area contributed by atoms with Crippen LogP contribution in [0.15, 0.2) is 0 Å². The van der Waals surface area contributed by atoms with Gasteiger partial charge in [-0.05, 0) is 65.5 Å². The van der Waals surface area contributed by atoms with Gasteiger partial charge >= 0.3 is 6.18 Å². The molecular weight excluding hydrogens is 265 g/mol. The van der Waals surface area contributed by atoms with Gasteiger partial charge in [-0.15, -0.1) is 0 Å². The van der Waals surface area contributed by atoms with E-state index in [4.69, 9.17) is 0 Å². The molecule has 2 rings (SSSR count). The first-order chi connectivity index (χ1) is 9.41. The molecule has 0 aromatic carbocycles. The molecule has 2 saturated carbocycles. The van der Waals surface area contributed by atoms with Crippen LogP contribution in [0, 0.1) is 5.92 Å². The van der Waals surface area contributed by atoms with Crippen molar-refractivity contribution in [2.24, 2.45) is 5.92 Å². The number of nitrogens with one attached hydrogen (secondary N) is 1. The van der Waals surface area contributed by atoms with Crippen LogP contribution < -0.4 is 5.32 Å². The van der Waals surface area contributed by atoms with E-state index in [0.29, 0.717) is 43.8 Å². The molecule has 2 nitrogen and oxygen atoms in total. The lowest BCUT2D eigenvalue weighted by molar-refractivity contribution is -0.184. The fourth-order valence-electron chi connectivity index (χ4n) is 3.88. The Morgan fingerprint density at radius 2 is 1.30 bits per heavy atom. The number of hydrogen-bond acceptors (Lipinski definition) is 2. The van der Waals surface area contributed by atoms with E-state index >= 15 is 0 Å². The highest BCUT2D eigenvalue weighted by molar-refractivity contribution is 4.87. The number of hydrogen-bond donors (Lipinski definition) is 1. The standard InChI is InChI=1S/C15H27F3N2/c1-19-12-5-9-14(10-6-12)20(2)13-7-3-11(4-8-13)15(16,17)18/h11-14,19H,3-10H2,1-2H3. The summed E-state index contributed by atoms with van der Waals surface area (Å²) in [7, 11) is 4.12. The Bertz CT molecular complexity index is 290. The summed E-state index contributed by atoms with van der Waals surface area (Å²) in [5.41, 5.74) is 0. The van der Waals surface area contributed by atoms with Gasteiger partial charge in [-0.2, -0.15) is 13.2 Å². The van der Waals surface area contributed by atoms with E-state index in [1.165, 1.54) is 25.7 Å². The van der Waals surface area contributed by atoms with Crippen molar-refractivity contribution in [1.82, 2.24) is 10.2 Å². The molecule has 0 aromatic heterocycles. The summed E-state index contributed by atoms with van der Waals surface area (Å²) in [6, 6.07) is 1.54. The van der Waals surface area contributed by atoms with Gasteiger partial charge in [-0.25, -0.2) is 0 Å². The zero-order chi connectivity index (χ0) is 14.8. The quantitative estimate of drug-likeness (QED) is 0.855. The van der Waals surface area contributed by atoms with Crippen molar-refractivity contribution in [3.05, 3.63) is 0 Å². The lowest BCUT2D eigenvalue weighted by atomic mass is 9.83. The number of rotatable bonds is 3. The fraction of sp³-hybridized carbons (Fsp3) is 1.00. The van der Waals surface area contributed by atoms with Crippen LogP contribution in [0.4, 0.5) is 13.2 Å². The summed E-state index contributed by atoms with van der Waals surface area (Å²) >= 11 is 0. The highest BCUT2D eigenvalue weighted by atomic mass is 19.4. The maximum atomic E-state index is 12.7. The first-order valence-electron chi connectivity index (χ1n) is 7.87. The maximum absolute atomic E-state index is 12.7. The normalized spacial score (nSPS) is 36.3. The molecular formula is C15H27F3N2. The van der Waals surface area contributed by atoms with Gasteiger partial charge in [0.25, 0.3) is 0 Å².